The van der Waals surface area contributed by atoms with Crippen molar-refractivity contribution in [3.05, 3.63) is 59.5 Å². The Morgan fingerprint density at radius 2 is 1.69 bits per heavy atom. The summed E-state index contributed by atoms with van der Waals surface area (Å²) in [5.74, 6) is 0.592. The molecule has 1 saturated heterocycles. The molecule has 0 radical (unpaired) electrons. The number of nitrogens with zero attached hydrogens (tertiary/aromatic N) is 1. The second-order valence-corrected chi connectivity index (χ2v) is 9.17. The summed E-state index contributed by atoms with van der Waals surface area (Å²) >= 11 is 1.69. The van der Waals surface area contributed by atoms with Crippen LogP contribution in [-0.4, -0.2) is 33.9 Å². The van der Waals surface area contributed by atoms with Crippen LogP contribution in [0.3, 0.4) is 0 Å². The van der Waals surface area contributed by atoms with Gasteiger partial charge < -0.3 is 4.90 Å². The van der Waals surface area contributed by atoms with Gasteiger partial charge in [-0.2, -0.15) is 0 Å². The third-order valence-corrected chi connectivity index (χ3v) is 7.30. The molecule has 26 heavy (non-hydrogen) atoms. The van der Waals surface area contributed by atoms with E-state index in [2.05, 4.69) is 24.3 Å². The van der Waals surface area contributed by atoms with E-state index in [1.807, 2.05) is 35.2 Å². The number of carbonyl (C=O) groups excluding carboxylic acids is 1. The zero-order valence-corrected chi connectivity index (χ0v) is 16.2. The summed E-state index contributed by atoms with van der Waals surface area (Å²) < 4.78 is 13.9. The van der Waals surface area contributed by atoms with E-state index in [1.165, 1.54) is 10.1 Å². The Morgan fingerprint density at radius 1 is 1.00 bits per heavy atom. The van der Waals surface area contributed by atoms with Crippen LogP contribution in [0.25, 0.3) is 21.2 Å². The van der Waals surface area contributed by atoms with Gasteiger partial charge in [-0.05, 0) is 24.5 Å². The predicted molar refractivity (Wildman–Crippen MR) is 110 cm³/mol. The second kappa shape index (κ2) is 7.72. The van der Waals surface area contributed by atoms with Gasteiger partial charge in [0.2, 0.25) is 5.91 Å². The fraction of sp³-hybridized carbons (Fsp3) is 0.286. The summed E-state index contributed by atoms with van der Waals surface area (Å²) in [5.41, 5.74) is 2.30. The highest BCUT2D eigenvalue weighted by molar-refractivity contribution is 7.85. The van der Waals surface area contributed by atoms with E-state index in [1.54, 1.807) is 11.3 Å². The monoisotopic (exact) mass is 383 g/mol. The molecule has 4 rings (SSSR count). The maximum atomic E-state index is 12.7. The molecule has 0 N–H and O–H groups in total. The third-order valence-electron chi connectivity index (χ3n) is 4.77. The van der Waals surface area contributed by atoms with Crippen LogP contribution in [0.5, 0.6) is 0 Å². The predicted octanol–water partition coefficient (Wildman–Crippen LogP) is 4.44. The maximum Gasteiger partial charge on any atom is 0.235 e. The van der Waals surface area contributed by atoms with Crippen LogP contribution in [-0.2, 0) is 21.3 Å². The molecule has 1 amide bonds. The molecule has 1 aliphatic heterocycles. The van der Waals surface area contributed by atoms with Gasteiger partial charge in [-0.25, -0.2) is 0 Å². The fourth-order valence-electron chi connectivity index (χ4n) is 3.51. The number of benzene rings is 2. The molecule has 1 unspecified atom stereocenters. The van der Waals surface area contributed by atoms with Crippen LogP contribution in [0, 0.1) is 0 Å². The van der Waals surface area contributed by atoms with Crippen molar-refractivity contribution in [2.45, 2.75) is 18.6 Å². The summed E-state index contributed by atoms with van der Waals surface area (Å²) in [5, 5.41) is 1.20. The lowest BCUT2D eigenvalue weighted by atomic mass is 10.0. The lowest BCUT2D eigenvalue weighted by Gasteiger charge is -2.14. The molecule has 0 spiro atoms. The lowest BCUT2D eigenvalue weighted by Crippen LogP contribution is -2.31. The topological polar surface area (TPSA) is 37.4 Å². The summed E-state index contributed by atoms with van der Waals surface area (Å²) in [7, 11) is -1.19. The van der Waals surface area contributed by atoms with Crippen molar-refractivity contribution in [1.82, 2.24) is 4.90 Å². The third kappa shape index (κ3) is 3.60. The average molecular weight is 384 g/mol. The van der Waals surface area contributed by atoms with Crippen LogP contribution < -0.4 is 0 Å². The number of rotatable bonds is 5. The standard InChI is InChI=1S/C21H21NO2S2/c23-20(22-12-6-7-13-22)15-26(24)14-19-21(16-8-2-1-3-9-16)17-10-4-5-11-18(17)25-19/h1-5,8-11H,6-7,12-15H2. The van der Waals surface area contributed by atoms with E-state index in [4.69, 9.17) is 0 Å². The molecule has 2 aromatic carbocycles. The number of likely N-dealkylation sites (tertiary alicyclic amines) is 1. The van der Waals surface area contributed by atoms with Crippen molar-refractivity contribution >= 4 is 38.1 Å². The molecule has 134 valence electrons. The molecular weight excluding hydrogens is 362 g/mol. The Labute approximate surface area is 160 Å². The smallest absolute Gasteiger partial charge is 0.235 e. The summed E-state index contributed by atoms with van der Waals surface area (Å²) in [6.45, 7) is 1.63. The molecule has 5 heteroatoms. The highest BCUT2D eigenvalue weighted by Crippen LogP contribution is 2.39. The van der Waals surface area contributed by atoms with E-state index in [0.29, 0.717) is 5.75 Å². The van der Waals surface area contributed by atoms with Crippen molar-refractivity contribution in [2.24, 2.45) is 0 Å². The van der Waals surface area contributed by atoms with Crippen LogP contribution in [0.1, 0.15) is 17.7 Å². The van der Waals surface area contributed by atoms with Gasteiger partial charge in [-0.3, -0.25) is 9.00 Å². The molecule has 1 aromatic heterocycles. The first-order valence-electron chi connectivity index (χ1n) is 8.91. The Balaban J connectivity index is 1.61. The number of amides is 1. The van der Waals surface area contributed by atoms with E-state index in [9.17, 15) is 9.00 Å². The number of carbonyl (C=O) groups is 1. The van der Waals surface area contributed by atoms with Crippen LogP contribution in [0.2, 0.25) is 0 Å². The van der Waals surface area contributed by atoms with Crippen molar-refractivity contribution < 1.29 is 9.00 Å². The van der Waals surface area contributed by atoms with Gasteiger partial charge >= 0.3 is 0 Å². The second-order valence-electron chi connectivity index (χ2n) is 6.58. The van der Waals surface area contributed by atoms with Crippen molar-refractivity contribution in [3.8, 4) is 11.1 Å². The van der Waals surface area contributed by atoms with E-state index >= 15 is 0 Å². The first kappa shape index (κ1) is 17.4. The van der Waals surface area contributed by atoms with Gasteiger partial charge in [0, 0.05) is 44.4 Å². The Kier molecular flexibility index (Phi) is 5.18. The zero-order chi connectivity index (χ0) is 17.9. The van der Waals surface area contributed by atoms with Gasteiger partial charge in [-0.1, -0.05) is 48.5 Å². The van der Waals surface area contributed by atoms with Gasteiger partial charge in [-0.15, -0.1) is 11.3 Å². The van der Waals surface area contributed by atoms with Gasteiger partial charge in [0.25, 0.3) is 0 Å². The molecule has 0 aliphatic carbocycles. The van der Waals surface area contributed by atoms with E-state index in [0.717, 1.165) is 41.9 Å². The van der Waals surface area contributed by atoms with Crippen molar-refractivity contribution in [2.75, 3.05) is 18.8 Å². The summed E-state index contributed by atoms with van der Waals surface area (Å²) in [4.78, 5) is 15.3. The zero-order valence-electron chi connectivity index (χ0n) is 14.5. The summed E-state index contributed by atoms with van der Waals surface area (Å²) in [6, 6.07) is 18.5. The molecule has 0 bridgehead atoms. The highest BCUT2D eigenvalue weighted by Gasteiger charge is 2.21. The van der Waals surface area contributed by atoms with E-state index < -0.39 is 10.8 Å². The number of hydrogen-bond donors (Lipinski definition) is 0. The quantitative estimate of drug-likeness (QED) is 0.653. The molecule has 1 atom stereocenters. The minimum Gasteiger partial charge on any atom is -0.342 e. The Hall–Kier alpha value is -1.98. The minimum absolute atomic E-state index is 0.0307. The van der Waals surface area contributed by atoms with Crippen molar-refractivity contribution in [3.63, 3.8) is 0 Å². The first-order valence-corrected chi connectivity index (χ1v) is 11.2. The average Bonchev–Trinajstić information content (AvgIpc) is 3.30. The van der Waals surface area contributed by atoms with Crippen LogP contribution >= 0.6 is 11.3 Å². The van der Waals surface area contributed by atoms with Crippen molar-refractivity contribution in [1.29, 1.82) is 0 Å². The molecule has 3 nitrogen and oxygen atoms in total. The van der Waals surface area contributed by atoms with Gasteiger partial charge in [0.05, 0.1) is 5.75 Å². The van der Waals surface area contributed by atoms with Crippen LogP contribution in [0.4, 0.5) is 0 Å². The number of fused-ring (bicyclic) bond motifs is 1. The normalized spacial score (nSPS) is 15.5. The minimum atomic E-state index is -1.19. The lowest BCUT2D eigenvalue weighted by molar-refractivity contribution is -0.127. The summed E-state index contributed by atoms with van der Waals surface area (Å²) in [6.07, 6.45) is 2.12. The Bertz CT molecular complexity index is 943. The number of hydrogen-bond acceptors (Lipinski definition) is 3. The maximum absolute atomic E-state index is 12.7. The molecular formula is C21H21NO2S2. The molecule has 3 aromatic rings. The molecule has 1 aliphatic rings. The van der Waals surface area contributed by atoms with Gasteiger partial charge in [0.15, 0.2) is 0 Å². The SMILES string of the molecule is O=C(CS(=O)Cc1sc2ccccc2c1-c1ccccc1)N1CCCC1. The van der Waals surface area contributed by atoms with Gasteiger partial charge in [0.1, 0.15) is 5.75 Å². The fourth-order valence-corrected chi connectivity index (χ4v) is 6.16. The highest BCUT2D eigenvalue weighted by atomic mass is 32.2. The molecule has 1 fully saturated rings. The number of thiophene rings is 1. The Morgan fingerprint density at radius 3 is 2.46 bits per heavy atom. The molecule has 2 heterocycles. The van der Waals surface area contributed by atoms with E-state index in [-0.39, 0.29) is 11.7 Å². The molecule has 0 saturated carbocycles. The largest absolute Gasteiger partial charge is 0.342 e. The van der Waals surface area contributed by atoms with Crippen LogP contribution in [0.15, 0.2) is 54.6 Å². The first-order chi connectivity index (χ1) is 12.7.